The van der Waals surface area contributed by atoms with E-state index in [1.165, 1.54) is 30.8 Å². The lowest BCUT2D eigenvalue weighted by Gasteiger charge is -2.12. The molecule has 1 aromatic heterocycles. The third-order valence-electron chi connectivity index (χ3n) is 2.83. The van der Waals surface area contributed by atoms with E-state index in [9.17, 15) is 23.1 Å². The maximum Gasteiger partial charge on any atom is 0.416 e. The molecule has 124 valence electrons. The summed E-state index contributed by atoms with van der Waals surface area (Å²) in [5, 5.41) is 16.6. The van der Waals surface area contributed by atoms with Crippen LogP contribution in [0.1, 0.15) is 12.5 Å². The molecule has 0 fully saturated rings. The number of aromatic nitrogens is 2. The van der Waals surface area contributed by atoms with E-state index in [1.54, 1.807) is 0 Å². The van der Waals surface area contributed by atoms with Crippen molar-refractivity contribution in [1.29, 1.82) is 0 Å². The maximum atomic E-state index is 12.6. The molecule has 1 amide bonds. The van der Waals surface area contributed by atoms with E-state index in [0.29, 0.717) is 0 Å². The number of carbonyl (C=O) groups excluding carboxylic acids is 1. The van der Waals surface area contributed by atoms with Gasteiger partial charge in [0.05, 0.1) is 16.1 Å². The van der Waals surface area contributed by atoms with Gasteiger partial charge >= 0.3 is 6.18 Å². The van der Waals surface area contributed by atoms with Gasteiger partial charge in [-0.25, -0.2) is 0 Å². The van der Waals surface area contributed by atoms with Crippen LogP contribution in [0.5, 0.6) is 5.95 Å². The average molecular weight is 347 g/mol. The molecule has 0 saturated heterocycles. The molecule has 2 aromatic rings. The van der Waals surface area contributed by atoms with Crippen LogP contribution in [0.15, 0.2) is 33.8 Å². The van der Waals surface area contributed by atoms with Crippen LogP contribution >= 0.6 is 11.8 Å². The lowest BCUT2D eigenvalue weighted by Crippen LogP contribution is -2.33. The first kappa shape index (κ1) is 17.1. The Morgan fingerprint density at radius 3 is 2.74 bits per heavy atom. The Labute approximate surface area is 133 Å². The minimum atomic E-state index is -4.49. The van der Waals surface area contributed by atoms with Gasteiger partial charge in [0.2, 0.25) is 5.91 Å². The van der Waals surface area contributed by atoms with Gasteiger partial charge < -0.3 is 14.9 Å². The fourth-order valence-corrected chi connectivity index (χ4v) is 2.49. The highest BCUT2D eigenvalue weighted by molar-refractivity contribution is 8.00. The third kappa shape index (κ3) is 4.15. The average Bonchev–Trinajstić information content (AvgIpc) is 2.78. The van der Waals surface area contributed by atoms with Crippen LogP contribution in [0.2, 0.25) is 0 Å². The lowest BCUT2D eigenvalue weighted by atomic mass is 10.2. The van der Waals surface area contributed by atoms with Crippen molar-refractivity contribution >= 4 is 23.4 Å². The number of carbonyl (C=O) groups is 1. The first-order valence-electron chi connectivity index (χ1n) is 6.36. The number of nitrogens with one attached hydrogen (secondary N) is 1. The normalized spacial score (nSPS) is 12.9. The number of alkyl halides is 3. The summed E-state index contributed by atoms with van der Waals surface area (Å²) in [6.45, 7) is 1.51. The molecule has 1 heterocycles. The van der Waals surface area contributed by atoms with Crippen LogP contribution in [-0.2, 0) is 18.0 Å². The highest BCUT2D eigenvalue weighted by Gasteiger charge is 2.30. The molecule has 0 bridgehead atoms. The van der Waals surface area contributed by atoms with Gasteiger partial charge in [0.1, 0.15) is 0 Å². The van der Waals surface area contributed by atoms with Crippen molar-refractivity contribution in [3.8, 4) is 5.95 Å². The van der Waals surface area contributed by atoms with E-state index in [2.05, 4.69) is 15.1 Å². The van der Waals surface area contributed by atoms with Gasteiger partial charge in [0, 0.05) is 5.69 Å². The maximum absolute atomic E-state index is 12.6. The summed E-state index contributed by atoms with van der Waals surface area (Å²) in [5.74, 6) is -1.23. The molecule has 0 spiro atoms. The Hall–Kier alpha value is -2.23. The van der Waals surface area contributed by atoms with Crippen molar-refractivity contribution in [3.63, 3.8) is 0 Å². The molecule has 0 aliphatic rings. The summed E-state index contributed by atoms with van der Waals surface area (Å²) >= 11 is 0.901. The smallest absolute Gasteiger partial charge is 0.416 e. The van der Waals surface area contributed by atoms with Gasteiger partial charge in [-0.05, 0) is 36.9 Å². The van der Waals surface area contributed by atoms with E-state index < -0.39 is 28.8 Å². The molecule has 23 heavy (non-hydrogen) atoms. The number of amides is 1. The standard InChI is InChI=1S/C13H12F3N3O3S/c1-7(23-11-12(21)22-18-19(11)2)10(20)17-9-5-3-4-8(6-9)13(14,15)16/h3-7H,1-2H3,(H-,17,18,20,21). The minimum Gasteiger partial charge on any atom is -0.538 e. The van der Waals surface area contributed by atoms with Crippen LogP contribution < -0.4 is 15.1 Å². The Balaban J connectivity index is 2.07. The number of nitrogens with zero attached hydrogens (tertiary/aromatic N) is 2. The summed E-state index contributed by atoms with van der Waals surface area (Å²) in [4.78, 5) is 12.0. The molecule has 0 aliphatic carbocycles. The highest BCUT2D eigenvalue weighted by Crippen LogP contribution is 2.31. The summed E-state index contributed by atoms with van der Waals surface area (Å²) in [5.41, 5.74) is -0.836. The number of anilines is 1. The predicted molar refractivity (Wildman–Crippen MR) is 72.5 cm³/mol. The SMILES string of the molecule is CC(Sc1c([O-])on[n+]1C)C(=O)Nc1cccc(C(F)(F)F)c1. The first-order valence-corrected chi connectivity index (χ1v) is 7.24. The minimum absolute atomic E-state index is 0.0225. The van der Waals surface area contributed by atoms with Crippen LogP contribution in [-0.4, -0.2) is 16.4 Å². The number of benzene rings is 1. The van der Waals surface area contributed by atoms with E-state index in [0.717, 1.165) is 23.9 Å². The second kappa shape index (κ2) is 6.49. The van der Waals surface area contributed by atoms with Gasteiger partial charge in [0.15, 0.2) is 13.0 Å². The molecule has 1 atom stereocenters. The Bertz CT molecular complexity index is 698. The van der Waals surface area contributed by atoms with Crippen molar-refractivity contribution in [2.45, 2.75) is 23.4 Å². The predicted octanol–water partition coefficient (Wildman–Crippen LogP) is 1.71. The van der Waals surface area contributed by atoms with Crippen molar-refractivity contribution < 1.29 is 32.3 Å². The van der Waals surface area contributed by atoms with E-state index in [-0.39, 0.29) is 10.7 Å². The number of aryl methyl sites for hydroxylation is 1. The highest BCUT2D eigenvalue weighted by atomic mass is 32.2. The number of halogens is 3. The molecule has 10 heteroatoms. The Morgan fingerprint density at radius 2 is 2.17 bits per heavy atom. The summed E-state index contributed by atoms with van der Waals surface area (Å²) < 4.78 is 43.5. The topological polar surface area (TPSA) is 82.1 Å². The molecular formula is C13H12F3N3O3S. The second-order valence-corrected chi connectivity index (χ2v) is 5.95. The van der Waals surface area contributed by atoms with Gasteiger partial charge in [-0.15, -0.1) is 0 Å². The summed E-state index contributed by atoms with van der Waals surface area (Å²) in [7, 11) is 1.48. The van der Waals surface area contributed by atoms with Crippen molar-refractivity contribution in [2.24, 2.45) is 7.05 Å². The largest absolute Gasteiger partial charge is 0.538 e. The number of thioether (sulfide) groups is 1. The quantitative estimate of drug-likeness (QED) is 0.673. The number of hydrogen-bond donors (Lipinski definition) is 1. The molecule has 0 saturated carbocycles. The Kier molecular flexibility index (Phi) is 4.83. The van der Waals surface area contributed by atoms with Gasteiger partial charge in [-0.2, -0.15) is 13.2 Å². The molecule has 1 unspecified atom stereocenters. The zero-order valence-corrected chi connectivity index (χ0v) is 12.9. The fourth-order valence-electron chi connectivity index (χ4n) is 1.67. The number of rotatable bonds is 4. The van der Waals surface area contributed by atoms with E-state index in [1.807, 2.05) is 0 Å². The molecule has 0 aliphatic heterocycles. The van der Waals surface area contributed by atoms with Gasteiger partial charge in [-0.1, -0.05) is 10.7 Å². The molecule has 6 nitrogen and oxygen atoms in total. The van der Waals surface area contributed by atoms with Crippen LogP contribution in [0.4, 0.5) is 18.9 Å². The summed E-state index contributed by atoms with van der Waals surface area (Å²) in [6, 6.07) is 4.30. The van der Waals surface area contributed by atoms with Crippen molar-refractivity contribution in [3.05, 3.63) is 29.8 Å². The molecular weight excluding hydrogens is 335 g/mol. The zero-order chi connectivity index (χ0) is 17.2. The Morgan fingerprint density at radius 1 is 1.48 bits per heavy atom. The van der Waals surface area contributed by atoms with Crippen molar-refractivity contribution in [2.75, 3.05) is 5.32 Å². The van der Waals surface area contributed by atoms with Gasteiger partial charge in [0.25, 0.3) is 5.03 Å². The lowest BCUT2D eigenvalue weighted by molar-refractivity contribution is -0.772. The first-order chi connectivity index (χ1) is 10.7. The van der Waals surface area contributed by atoms with Crippen LogP contribution in [0.25, 0.3) is 0 Å². The summed E-state index contributed by atoms with van der Waals surface area (Å²) in [6.07, 6.45) is -4.49. The third-order valence-corrected chi connectivity index (χ3v) is 4.05. The molecule has 2 rings (SSSR count). The van der Waals surface area contributed by atoms with E-state index in [4.69, 9.17) is 0 Å². The van der Waals surface area contributed by atoms with E-state index >= 15 is 0 Å². The van der Waals surface area contributed by atoms with Gasteiger partial charge in [-0.3, -0.25) is 4.79 Å². The zero-order valence-electron chi connectivity index (χ0n) is 12.0. The van der Waals surface area contributed by atoms with Crippen LogP contribution in [0.3, 0.4) is 0 Å². The molecule has 1 N–H and O–H groups in total. The monoisotopic (exact) mass is 347 g/mol. The second-order valence-electron chi connectivity index (χ2n) is 4.62. The molecule has 1 aromatic carbocycles. The molecule has 0 radical (unpaired) electrons. The fraction of sp³-hybridized carbons (Fsp3) is 0.308. The number of hydrogen-bond acceptors (Lipinski definition) is 5. The van der Waals surface area contributed by atoms with Crippen LogP contribution in [0, 0.1) is 0 Å². The van der Waals surface area contributed by atoms with Crippen molar-refractivity contribution in [1.82, 2.24) is 5.27 Å².